The summed E-state index contributed by atoms with van der Waals surface area (Å²) in [4.78, 5) is 24.3. The molecule has 2 bridgehead atoms. The van der Waals surface area contributed by atoms with Gasteiger partial charge >= 0.3 is 0 Å². The van der Waals surface area contributed by atoms with Gasteiger partial charge in [0.25, 0.3) is 0 Å². The van der Waals surface area contributed by atoms with Crippen molar-refractivity contribution in [2.75, 3.05) is 20.8 Å². The number of alkyl halides is 2. The molecule has 0 N–H and O–H groups in total. The van der Waals surface area contributed by atoms with E-state index in [2.05, 4.69) is 0 Å². The van der Waals surface area contributed by atoms with Crippen LogP contribution in [0.1, 0.15) is 5.56 Å². The van der Waals surface area contributed by atoms with E-state index in [1.807, 2.05) is 30.3 Å². The van der Waals surface area contributed by atoms with E-state index in [1.54, 1.807) is 0 Å². The number of ether oxygens (including phenoxy) is 2. The van der Waals surface area contributed by atoms with Crippen molar-refractivity contribution in [3.8, 4) is 0 Å². The molecule has 0 radical (unpaired) electrons. The number of hydrogen-bond donors (Lipinski definition) is 0. The van der Waals surface area contributed by atoms with Crippen molar-refractivity contribution in [2.24, 2.45) is 11.8 Å². The van der Waals surface area contributed by atoms with Crippen molar-refractivity contribution in [3.63, 3.8) is 0 Å². The third kappa shape index (κ3) is 2.08. The van der Waals surface area contributed by atoms with E-state index >= 15 is 0 Å². The molecule has 1 heterocycles. The first-order chi connectivity index (χ1) is 13.2. The average Bonchev–Trinajstić information content (AvgIpc) is 3.11. The minimum atomic E-state index is -1.75. The fourth-order valence-electron chi connectivity index (χ4n) is 4.87. The van der Waals surface area contributed by atoms with E-state index in [4.69, 9.17) is 55.9 Å². The van der Waals surface area contributed by atoms with E-state index in [9.17, 15) is 9.59 Å². The number of benzene rings is 1. The first-order valence-electron chi connectivity index (χ1n) is 8.65. The quantitative estimate of drug-likeness (QED) is 0.380. The summed E-state index contributed by atoms with van der Waals surface area (Å²) >= 11 is 26.6. The van der Waals surface area contributed by atoms with Crippen LogP contribution in [0.15, 0.2) is 40.4 Å². The Morgan fingerprint density at radius 3 is 1.82 bits per heavy atom. The maximum atomic E-state index is 13.3. The summed E-state index contributed by atoms with van der Waals surface area (Å²) in [6.07, 6.45) is 0.511. The molecule has 4 rings (SSSR count). The zero-order valence-electron chi connectivity index (χ0n) is 15.0. The normalized spacial score (nSPS) is 35.9. The van der Waals surface area contributed by atoms with Gasteiger partial charge in [-0.1, -0.05) is 53.5 Å². The number of carbonyl (C=O) groups excluding carboxylic acids is 2. The summed E-state index contributed by atoms with van der Waals surface area (Å²) in [7, 11) is 2.67. The maximum absolute atomic E-state index is 13.3. The molecule has 1 aromatic rings. The van der Waals surface area contributed by atoms with Crippen LogP contribution < -0.4 is 0 Å². The second kappa shape index (κ2) is 6.59. The van der Waals surface area contributed by atoms with Gasteiger partial charge in [0.05, 0.1) is 21.9 Å². The number of nitrogens with zero attached hydrogens (tertiary/aromatic N) is 1. The molecule has 0 unspecified atom stereocenters. The number of amides is 2. The molecule has 150 valence electrons. The van der Waals surface area contributed by atoms with E-state index in [0.29, 0.717) is 6.42 Å². The Kier molecular flexibility index (Phi) is 4.82. The third-order valence-corrected chi connectivity index (χ3v) is 8.70. The van der Waals surface area contributed by atoms with E-state index in [0.717, 1.165) is 5.56 Å². The Morgan fingerprint density at radius 1 is 0.929 bits per heavy atom. The predicted octanol–water partition coefficient (Wildman–Crippen LogP) is 3.49. The zero-order valence-corrected chi connectivity index (χ0v) is 18.1. The zero-order chi connectivity index (χ0) is 20.5. The first kappa shape index (κ1) is 20.5. The molecular weight excluding hydrogens is 448 g/mol. The minimum Gasteiger partial charge on any atom is -0.350 e. The van der Waals surface area contributed by atoms with Crippen molar-refractivity contribution < 1.29 is 19.1 Å². The topological polar surface area (TPSA) is 55.8 Å². The maximum Gasteiger partial charge on any atom is 0.235 e. The Labute approximate surface area is 182 Å². The van der Waals surface area contributed by atoms with Gasteiger partial charge in [-0.15, -0.1) is 23.2 Å². The lowest BCUT2D eigenvalue weighted by Gasteiger charge is -2.42. The molecular formula is C19H17Cl4NO4. The summed E-state index contributed by atoms with van der Waals surface area (Å²) in [5.41, 5.74) is 1.00. The van der Waals surface area contributed by atoms with Crippen LogP contribution in [0.3, 0.4) is 0 Å². The van der Waals surface area contributed by atoms with Crippen molar-refractivity contribution in [1.29, 1.82) is 0 Å². The summed E-state index contributed by atoms with van der Waals surface area (Å²) < 4.78 is 11.1. The van der Waals surface area contributed by atoms with Gasteiger partial charge in [0.2, 0.25) is 17.6 Å². The Hall–Kier alpha value is -0.820. The molecule has 4 atom stereocenters. The molecule has 1 saturated heterocycles. The van der Waals surface area contributed by atoms with Crippen LogP contribution >= 0.6 is 46.4 Å². The molecule has 2 fully saturated rings. The second-order valence-electron chi connectivity index (χ2n) is 7.10. The highest BCUT2D eigenvalue weighted by Crippen LogP contribution is 2.75. The number of hydrogen-bond acceptors (Lipinski definition) is 4. The fourth-order valence-corrected chi connectivity index (χ4v) is 7.03. The van der Waals surface area contributed by atoms with Gasteiger partial charge in [-0.25, -0.2) is 0 Å². The molecule has 2 amide bonds. The largest absolute Gasteiger partial charge is 0.350 e. The van der Waals surface area contributed by atoms with Crippen LogP contribution in [0, 0.1) is 11.8 Å². The number of likely N-dealkylation sites (tertiary alicyclic amines) is 1. The second-order valence-corrected chi connectivity index (χ2v) is 9.04. The van der Waals surface area contributed by atoms with Crippen LogP contribution in [0.4, 0.5) is 0 Å². The van der Waals surface area contributed by atoms with E-state index in [-0.39, 0.29) is 16.6 Å². The van der Waals surface area contributed by atoms with Gasteiger partial charge in [-0.2, -0.15) is 0 Å². The lowest BCUT2D eigenvalue weighted by Crippen LogP contribution is -2.60. The number of rotatable bonds is 5. The number of methoxy groups -OCH3 is 2. The molecule has 0 aromatic heterocycles. The van der Waals surface area contributed by atoms with Crippen LogP contribution in [-0.2, 0) is 25.5 Å². The number of fused-ring (bicyclic) bond motifs is 5. The molecule has 5 nitrogen and oxygen atoms in total. The van der Waals surface area contributed by atoms with Gasteiger partial charge < -0.3 is 9.47 Å². The van der Waals surface area contributed by atoms with Gasteiger partial charge in [0.1, 0.15) is 9.75 Å². The van der Waals surface area contributed by atoms with Gasteiger partial charge in [0, 0.05) is 20.8 Å². The van der Waals surface area contributed by atoms with Crippen LogP contribution in [0.25, 0.3) is 0 Å². The highest BCUT2D eigenvalue weighted by Gasteiger charge is 2.89. The predicted molar refractivity (Wildman–Crippen MR) is 106 cm³/mol. The summed E-state index contributed by atoms with van der Waals surface area (Å²) in [5.74, 6) is -4.73. The summed E-state index contributed by atoms with van der Waals surface area (Å²) in [6.45, 7) is 0.205. The molecule has 1 aliphatic heterocycles. The van der Waals surface area contributed by atoms with Gasteiger partial charge in [-0.05, 0) is 12.0 Å². The Morgan fingerprint density at radius 2 is 1.39 bits per heavy atom. The standard InChI is InChI=1S/C19H17Cl4NO4/c1-27-19(28-2)17(22)11-12(18(19,23)14(21)13(17)20)16(26)24(15(11)25)9-8-10-6-4-3-5-7-10/h3-7,11-12H,8-9H2,1-2H3/t11-,12+,17+,18-. The summed E-state index contributed by atoms with van der Waals surface area (Å²) in [6, 6.07) is 9.55. The van der Waals surface area contributed by atoms with Crippen LogP contribution in [-0.4, -0.2) is 53.0 Å². The van der Waals surface area contributed by atoms with Crippen molar-refractivity contribution >= 4 is 58.2 Å². The molecule has 1 aromatic carbocycles. The monoisotopic (exact) mass is 463 g/mol. The molecule has 28 heavy (non-hydrogen) atoms. The fraction of sp³-hybridized carbons (Fsp3) is 0.474. The first-order valence-corrected chi connectivity index (χ1v) is 10.2. The van der Waals surface area contributed by atoms with Crippen molar-refractivity contribution in [3.05, 3.63) is 46.0 Å². The van der Waals surface area contributed by atoms with E-state index in [1.165, 1.54) is 19.1 Å². The highest BCUT2D eigenvalue weighted by atomic mass is 35.5. The number of carbonyl (C=O) groups is 2. The molecule has 9 heteroatoms. The molecule has 3 aliphatic rings. The van der Waals surface area contributed by atoms with Crippen molar-refractivity contribution in [2.45, 2.75) is 22.0 Å². The van der Waals surface area contributed by atoms with Gasteiger partial charge in [0.15, 0.2) is 0 Å². The average molecular weight is 465 g/mol. The molecule has 0 spiro atoms. The summed E-state index contributed by atoms with van der Waals surface area (Å²) in [5, 5.41) is -0.0521. The van der Waals surface area contributed by atoms with E-state index < -0.39 is 39.2 Å². The Balaban J connectivity index is 1.74. The molecule has 1 saturated carbocycles. The Bertz CT molecular complexity index is 841. The number of imide groups is 1. The molecule has 2 aliphatic carbocycles. The number of halogens is 4. The lowest BCUT2D eigenvalue weighted by atomic mass is 9.84. The smallest absolute Gasteiger partial charge is 0.235 e. The van der Waals surface area contributed by atoms with Gasteiger partial charge in [-0.3, -0.25) is 14.5 Å². The minimum absolute atomic E-state index is 0.0261. The van der Waals surface area contributed by atoms with Crippen molar-refractivity contribution in [1.82, 2.24) is 4.90 Å². The van der Waals surface area contributed by atoms with Crippen LogP contribution in [0.5, 0.6) is 0 Å². The lowest BCUT2D eigenvalue weighted by molar-refractivity contribution is -0.222. The SMILES string of the molecule is COC1(OC)[C@@]2(Cl)C(Cl)=C(Cl)[C@]1(Cl)[C@@H]1C(=O)N(CCc3ccccc3)C(=O)[C@@H]12. The third-order valence-electron chi connectivity index (χ3n) is 6.09. The highest BCUT2D eigenvalue weighted by molar-refractivity contribution is 6.53. The van der Waals surface area contributed by atoms with Crippen LogP contribution in [0.2, 0.25) is 0 Å².